The monoisotopic (exact) mass is 190 g/mol. The quantitative estimate of drug-likeness (QED) is 0.603. The van der Waals surface area contributed by atoms with Crippen molar-refractivity contribution >= 4 is 11.9 Å². The molecular formula is C8H14O5. The van der Waals surface area contributed by atoms with Gasteiger partial charge in [0.05, 0.1) is 0 Å². The van der Waals surface area contributed by atoms with Crippen molar-refractivity contribution in [3.63, 3.8) is 0 Å². The molecule has 0 aliphatic heterocycles. The van der Waals surface area contributed by atoms with Crippen molar-refractivity contribution in [1.29, 1.82) is 0 Å². The number of rotatable bonds is 5. The molecule has 0 aromatic heterocycles. The summed E-state index contributed by atoms with van der Waals surface area (Å²) in [6, 6.07) is 0. The van der Waals surface area contributed by atoms with E-state index in [1.807, 2.05) is 0 Å². The fraction of sp³-hybridized carbons (Fsp3) is 0.750. The molecular weight excluding hydrogens is 176 g/mol. The van der Waals surface area contributed by atoms with Gasteiger partial charge in [-0.25, -0.2) is 9.59 Å². The fourth-order valence-corrected chi connectivity index (χ4v) is 0.694. The Labute approximate surface area is 76.3 Å². The van der Waals surface area contributed by atoms with Gasteiger partial charge in [-0.05, 0) is 12.8 Å². The molecule has 13 heavy (non-hydrogen) atoms. The van der Waals surface area contributed by atoms with E-state index in [1.165, 1.54) is 0 Å². The summed E-state index contributed by atoms with van der Waals surface area (Å²) in [4.78, 5) is 21.3. The van der Waals surface area contributed by atoms with Gasteiger partial charge in [-0.3, -0.25) is 0 Å². The lowest BCUT2D eigenvalue weighted by atomic mass is 10.2. The van der Waals surface area contributed by atoms with Gasteiger partial charge in [0, 0.05) is 0 Å². The molecule has 0 amide bonds. The average molecular weight is 190 g/mol. The highest BCUT2D eigenvalue weighted by Crippen LogP contribution is 2.02. The van der Waals surface area contributed by atoms with Gasteiger partial charge in [0.15, 0.2) is 12.2 Å². The van der Waals surface area contributed by atoms with E-state index in [1.54, 1.807) is 13.8 Å². The molecule has 76 valence electrons. The predicted molar refractivity (Wildman–Crippen MR) is 44.1 cm³/mol. The normalized spacial score (nSPS) is 14.7. The van der Waals surface area contributed by atoms with Crippen LogP contribution in [0, 0.1) is 0 Å². The van der Waals surface area contributed by atoms with Gasteiger partial charge in [-0.1, -0.05) is 13.8 Å². The topological polar surface area (TPSA) is 83.8 Å². The van der Waals surface area contributed by atoms with Crippen LogP contribution in [0.3, 0.4) is 0 Å². The molecule has 0 fully saturated rings. The van der Waals surface area contributed by atoms with Crippen molar-refractivity contribution in [3.8, 4) is 0 Å². The molecule has 0 heterocycles. The van der Waals surface area contributed by atoms with Crippen molar-refractivity contribution in [2.75, 3.05) is 0 Å². The third-order valence-corrected chi connectivity index (χ3v) is 1.56. The number of carboxylic acid groups (broad SMARTS) is 1. The van der Waals surface area contributed by atoms with Crippen LogP contribution in [0.5, 0.6) is 0 Å². The summed E-state index contributed by atoms with van der Waals surface area (Å²) in [6.07, 6.45) is -1.98. The molecule has 0 aliphatic carbocycles. The van der Waals surface area contributed by atoms with Crippen molar-refractivity contribution < 1.29 is 24.5 Å². The van der Waals surface area contributed by atoms with Gasteiger partial charge in [-0.2, -0.15) is 0 Å². The van der Waals surface area contributed by atoms with Crippen LogP contribution >= 0.6 is 0 Å². The number of aliphatic hydroxyl groups excluding tert-OH is 1. The zero-order chi connectivity index (χ0) is 10.4. The third kappa shape index (κ3) is 3.89. The largest absolute Gasteiger partial charge is 0.479 e. The van der Waals surface area contributed by atoms with E-state index < -0.39 is 24.1 Å². The summed E-state index contributed by atoms with van der Waals surface area (Å²) in [5.74, 6) is -2.07. The number of aliphatic carboxylic acids is 1. The van der Waals surface area contributed by atoms with Crippen LogP contribution < -0.4 is 0 Å². The zero-order valence-electron chi connectivity index (χ0n) is 7.69. The first-order chi connectivity index (χ1) is 6.02. The van der Waals surface area contributed by atoms with Crippen molar-refractivity contribution in [2.45, 2.75) is 38.9 Å². The second-order valence-corrected chi connectivity index (χ2v) is 2.60. The van der Waals surface area contributed by atoms with Crippen LogP contribution in [0.2, 0.25) is 0 Å². The van der Waals surface area contributed by atoms with E-state index in [0.29, 0.717) is 0 Å². The van der Waals surface area contributed by atoms with Crippen molar-refractivity contribution in [1.82, 2.24) is 0 Å². The second kappa shape index (κ2) is 5.53. The summed E-state index contributed by atoms with van der Waals surface area (Å²) in [7, 11) is 0. The van der Waals surface area contributed by atoms with E-state index in [-0.39, 0.29) is 12.8 Å². The van der Waals surface area contributed by atoms with Crippen LogP contribution in [0.15, 0.2) is 0 Å². The Morgan fingerprint density at radius 3 is 2.15 bits per heavy atom. The minimum atomic E-state index is -1.23. The molecule has 0 saturated heterocycles. The maximum atomic E-state index is 10.9. The van der Waals surface area contributed by atoms with E-state index in [0.717, 1.165) is 0 Å². The highest BCUT2D eigenvalue weighted by molar-refractivity contribution is 5.80. The highest BCUT2D eigenvalue weighted by atomic mass is 16.6. The first-order valence-corrected chi connectivity index (χ1v) is 4.14. The molecule has 0 aromatic rings. The van der Waals surface area contributed by atoms with Gasteiger partial charge >= 0.3 is 11.9 Å². The predicted octanol–water partition coefficient (Wildman–Crippen LogP) is 0.164. The van der Waals surface area contributed by atoms with Gasteiger partial charge in [0.1, 0.15) is 0 Å². The molecule has 0 radical (unpaired) electrons. The Morgan fingerprint density at radius 2 is 1.85 bits per heavy atom. The summed E-state index contributed by atoms with van der Waals surface area (Å²) in [6.45, 7) is 3.19. The molecule has 0 bridgehead atoms. The SMILES string of the molecule is CCC(O)C(=O)OC(CC)C(=O)O. The highest BCUT2D eigenvalue weighted by Gasteiger charge is 2.23. The summed E-state index contributed by atoms with van der Waals surface area (Å²) in [5.41, 5.74) is 0. The molecule has 0 spiro atoms. The van der Waals surface area contributed by atoms with Gasteiger partial charge in [-0.15, -0.1) is 0 Å². The van der Waals surface area contributed by atoms with E-state index >= 15 is 0 Å². The molecule has 0 aliphatic rings. The number of hydrogen-bond acceptors (Lipinski definition) is 4. The number of carbonyl (C=O) groups is 2. The van der Waals surface area contributed by atoms with Crippen molar-refractivity contribution in [2.24, 2.45) is 0 Å². The van der Waals surface area contributed by atoms with E-state index in [4.69, 9.17) is 10.2 Å². The Morgan fingerprint density at radius 1 is 1.31 bits per heavy atom. The number of aliphatic hydroxyl groups is 1. The molecule has 0 rings (SSSR count). The van der Waals surface area contributed by atoms with Gasteiger partial charge in [0.2, 0.25) is 0 Å². The first kappa shape index (κ1) is 11.9. The summed E-state index contributed by atoms with van der Waals surface area (Å²) < 4.78 is 4.53. The van der Waals surface area contributed by atoms with Gasteiger partial charge in [0.25, 0.3) is 0 Å². The average Bonchev–Trinajstić information content (AvgIpc) is 2.11. The van der Waals surface area contributed by atoms with E-state index in [2.05, 4.69) is 4.74 Å². The Hall–Kier alpha value is -1.10. The van der Waals surface area contributed by atoms with Crippen LogP contribution in [-0.4, -0.2) is 34.4 Å². The standard InChI is InChI=1S/C8H14O5/c1-3-5(9)8(12)13-6(4-2)7(10)11/h5-6,9H,3-4H2,1-2H3,(H,10,11). The van der Waals surface area contributed by atoms with Crippen LogP contribution in [0.25, 0.3) is 0 Å². The molecule has 2 atom stereocenters. The lowest BCUT2D eigenvalue weighted by molar-refractivity contribution is -0.170. The molecule has 5 nitrogen and oxygen atoms in total. The zero-order valence-corrected chi connectivity index (χ0v) is 7.69. The Balaban J connectivity index is 4.09. The maximum Gasteiger partial charge on any atom is 0.345 e. The number of carboxylic acids is 1. The van der Waals surface area contributed by atoms with Gasteiger partial charge < -0.3 is 14.9 Å². The molecule has 2 N–H and O–H groups in total. The fourth-order valence-electron chi connectivity index (χ4n) is 0.694. The molecule has 5 heteroatoms. The number of esters is 1. The van der Waals surface area contributed by atoms with E-state index in [9.17, 15) is 9.59 Å². The van der Waals surface area contributed by atoms with Crippen LogP contribution in [0.4, 0.5) is 0 Å². The Bertz CT molecular complexity index is 189. The number of carbonyl (C=O) groups excluding carboxylic acids is 1. The van der Waals surface area contributed by atoms with Crippen LogP contribution in [0.1, 0.15) is 26.7 Å². The molecule has 2 unspecified atom stereocenters. The molecule has 0 aromatic carbocycles. The lowest BCUT2D eigenvalue weighted by Crippen LogP contribution is -2.31. The smallest absolute Gasteiger partial charge is 0.345 e. The summed E-state index contributed by atoms with van der Waals surface area (Å²) >= 11 is 0. The lowest BCUT2D eigenvalue weighted by Gasteiger charge is -2.13. The summed E-state index contributed by atoms with van der Waals surface area (Å²) in [5, 5.41) is 17.5. The second-order valence-electron chi connectivity index (χ2n) is 2.60. The minimum Gasteiger partial charge on any atom is -0.479 e. The Kier molecular flexibility index (Phi) is 5.06. The third-order valence-electron chi connectivity index (χ3n) is 1.56. The van der Waals surface area contributed by atoms with Crippen molar-refractivity contribution in [3.05, 3.63) is 0 Å². The first-order valence-electron chi connectivity index (χ1n) is 4.14. The minimum absolute atomic E-state index is 0.192. The molecule has 0 saturated carbocycles. The number of ether oxygens (including phenoxy) is 1. The maximum absolute atomic E-state index is 10.9. The number of hydrogen-bond donors (Lipinski definition) is 2. The van der Waals surface area contributed by atoms with Crippen LogP contribution in [-0.2, 0) is 14.3 Å².